The summed E-state index contributed by atoms with van der Waals surface area (Å²) in [7, 11) is -5.99. The first kappa shape index (κ1) is 37.2. The van der Waals surface area contributed by atoms with Crippen LogP contribution in [0.2, 0.25) is 5.02 Å². The average Bonchev–Trinajstić information content (AvgIpc) is 3.08. The standard InChI is InChI=1S/C39H46ClFO7P2/c1-5-6-7-10-28-22-37(46-49-43-19-17-35(45-49)30-12-9-14-32(41)25-30)39(34-21-27(4)15-16-33(34)26(2)3)38(23-28)48-50(42)44-20-18-36(47-50)29-11-8-13-31(40)24-29/h8-9,11-14,21-25,33-36H,2,5-7,10,15-20H2,1,3-4H3. The van der Waals surface area contributed by atoms with E-state index in [4.69, 9.17) is 38.7 Å². The van der Waals surface area contributed by atoms with E-state index in [0.29, 0.717) is 41.5 Å². The highest BCUT2D eigenvalue weighted by molar-refractivity contribution is 7.49. The smallest absolute Gasteiger partial charge is 0.426 e. The SMILES string of the molecule is C=C(C)C1CCC(C)=CC1c1c(OP2OCCC(c3cccc(F)c3)O2)cc(CCCCC)cc1OP1(=O)OCCC(c2cccc(Cl)c2)O1. The second kappa shape index (κ2) is 16.9. The van der Waals surface area contributed by atoms with Crippen LogP contribution in [0, 0.1) is 11.7 Å². The van der Waals surface area contributed by atoms with Crippen molar-refractivity contribution < 1.29 is 36.1 Å². The number of phosphoric ester groups is 1. The van der Waals surface area contributed by atoms with Crippen LogP contribution in [0.4, 0.5) is 4.39 Å². The summed E-state index contributed by atoms with van der Waals surface area (Å²) >= 11 is 6.29. The van der Waals surface area contributed by atoms with Gasteiger partial charge in [-0.05, 0) is 98.5 Å². The molecule has 1 aliphatic carbocycles. The van der Waals surface area contributed by atoms with Crippen LogP contribution in [0.3, 0.4) is 0 Å². The number of unbranched alkanes of at least 4 members (excludes halogenated alkanes) is 2. The molecule has 0 bridgehead atoms. The second-order valence-corrected chi connectivity index (χ2v) is 16.5. The number of phosphoric acid groups is 1. The van der Waals surface area contributed by atoms with Crippen LogP contribution in [-0.2, 0) is 29.1 Å². The van der Waals surface area contributed by atoms with Crippen molar-refractivity contribution >= 4 is 28.0 Å². The first-order valence-electron chi connectivity index (χ1n) is 17.5. The van der Waals surface area contributed by atoms with Gasteiger partial charge in [0.05, 0.1) is 25.4 Å². The minimum absolute atomic E-state index is 0.0729. The molecule has 2 fully saturated rings. The van der Waals surface area contributed by atoms with Crippen LogP contribution < -0.4 is 9.05 Å². The Balaban J connectivity index is 1.41. The Bertz CT molecular complexity index is 1750. The van der Waals surface area contributed by atoms with Crippen LogP contribution in [-0.4, -0.2) is 13.2 Å². The topological polar surface area (TPSA) is 72.5 Å². The highest BCUT2D eigenvalue weighted by atomic mass is 35.5. The minimum Gasteiger partial charge on any atom is -0.426 e. The lowest BCUT2D eigenvalue weighted by molar-refractivity contribution is 0.0507. The molecule has 0 spiro atoms. The highest BCUT2D eigenvalue weighted by Gasteiger charge is 2.41. The summed E-state index contributed by atoms with van der Waals surface area (Å²) in [5, 5.41) is 0.566. The molecule has 0 saturated carbocycles. The molecule has 3 aromatic rings. The molecule has 2 heterocycles. The molecule has 268 valence electrons. The summed E-state index contributed by atoms with van der Waals surface area (Å²) < 4.78 is 66.2. The Morgan fingerprint density at radius 3 is 2.54 bits per heavy atom. The lowest BCUT2D eigenvalue weighted by atomic mass is 9.73. The van der Waals surface area contributed by atoms with Crippen molar-refractivity contribution in [1.29, 1.82) is 0 Å². The van der Waals surface area contributed by atoms with Crippen LogP contribution in [0.5, 0.6) is 11.5 Å². The monoisotopic (exact) mass is 742 g/mol. The molecular weight excluding hydrogens is 697 g/mol. The molecule has 6 unspecified atom stereocenters. The maximum atomic E-state index is 14.4. The van der Waals surface area contributed by atoms with Crippen molar-refractivity contribution in [3.63, 3.8) is 0 Å². The Morgan fingerprint density at radius 1 is 1.02 bits per heavy atom. The van der Waals surface area contributed by atoms with Gasteiger partial charge in [-0.3, -0.25) is 13.6 Å². The summed E-state index contributed by atoms with van der Waals surface area (Å²) in [5.41, 5.74) is 5.47. The quantitative estimate of drug-likeness (QED) is 0.104. The van der Waals surface area contributed by atoms with Crippen molar-refractivity contribution in [3.8, 4) is 11.5 Å². The van der Waals surface area contributed by atoms with E-state index in [2.05, 4.69) is 26.5 Å². The third-order valence-corrected chi connectivity index (χ3v) is 12.3. The molecule has 50 heavy (non-hydrogen) atoms. The van der Waals surface area contributed by atoms with E-state index in [1.165, 1.54) is 17.7 Å². The van der Waals surface area contributed by atoms with Crippen molar-refractivity contribution in [1.82, 2.24) is 0 Å². The molecule has 0 radical (unpaired) electrons. The fourth-order valence-corrected chi connectivity index (χ4v) is 9.63. The summed E-state index contributed by atoms with van der Waals surface area (Å²) in [6.45, 7) is 11.3. The number of benzene rings is 3. The summed E-state index contributed by atoms with van der Waals surface area (Å²) in [5.74, 6) is 0.451. The molecule has 2 aliphatic heterocycles. The number of allylic oxidation sites excluding steroid dienone is 3. The predicted molar refractivity (Wildman–Crippen MR) is 196 cm³/mol. The van der Waals surface area contributed by atoms with Gasteiger partial charge in [0.2, 0.25) is 0 Å². The number of hydrogen-bond donors (Lipinski definition) is 0. The Kier molecular flexibility index (Phi) is 12.6. The zero-order valence-electron chi connectivity index (χ0n) is 28.9. The molecule has 0 aromatic heterocycles. The number of rotatable bonds is 12. The summed E-state index contributed by atoms with van der Waals surface area (Å²) in [4.78, 5) is 0. The fraction of sp³-hybridized carbons (Fsp3) is 0.436. The predicted octanol–water partition coefficient (Wildman–Crippen LogP) is 12.7. The van der Waals surface area contributed by atoms with Crippen molar-refractivity contribution in [3.05, 3.63) is 118 Å². The van der Waals surface area contributed by atoms with Gasteiger partial charge in [-0.15, -0.1) is 0 Å². The van der Waals surface area contributed by atoms with Crippen LogP contribution >= 0.6 is 28.0 Å². The van der Waals surface area contributed by atoms with Gasteiger partial charge in [0.25, 0.3) is 0 Å². The van der Waals surface area contributed by atoms with Gasteiger partial charge >= 0.3 is 16.4 Å². The van der Waals surface area contributed by atoms with E-state index in [-0.39, 0.29) is 30.4 Å². The van der Waals surface area contributed by atoms with Gasteiger partial charge in [-0.1, -0.05) is 79.4 Å². The molecule has 7 nitrogen and oxygen atoms in total. The first-order chi connectivity index (χ1) is 24.1. The second-order valence-electron chi connectivity index (χ2n) is 13.4. The maximum absolute atomic E-state index is 14.4. The maximum Gasteiger partial charge on any atom is 0.530 e. The van der Waals surface area contributed by atoms with E-state index in [9.17, 15) is 8.96 Å². The number of aryl methyl sites for hydroxylation is 1. The lowest BCUT2D eigenvalue weighted by Gasteiger charge is -2.35. The van der Waals surface area contributed by atoms with Gasteiger partial charge in [0.15, 0.2) is 0 Å². The summed E-state index contributed by atoms with van der Waals surface area (Å²) in [6, 6.07) is 17.7. The Morgan fingerprint density at radius 2 is 1.78 bits per heavy atom. The molecule has 6 atom stereocenters. The number of hydrogen-bond acceptors (Lipinski definition) is 7. The molecule has 2 saturated heterocycles. The lowest BCUT2D eigenvalue weighted by Crippen LogP contribution is -2.20. The molecule has 0 amide bonds. The molecule has 11 heteroatoms. The largest absolute Gasteiger partial charge is 0.530 e. The van der Waals surface area contributed by atoms with Gasteiger partial charge in [-0.25, -0.2) is 8.96 Å². The third kappa shape index (κ3) is 9.27. The van der Waals surface area contributed by atoms with Crippen LogP contribution in [0.25, 0.3) is 0 Å². The normalized spacial score (nSPS) is 27.0. The first-order valence-corrected chi connectivity index (χ1v) is 20.4. The van der Waals surface area contributed by atoms with E-state index >= 15 is 0 Å². The van der Waals surface area contributed by atoms with Gasteiger partial charge < -0.3 is 13.6 Å². The van der Waals surface area contributed by atoms with E-state index in [0.717, 1.165) is 60.8 Å². The Hall–Kier alpha value is -2.54. The van der Waals surface area contributed by atoms with Gasteiger partial charge in [0.1, 0.15) is 17.3 Å². The average molecular weight is 743 g/mol. The van der Waals surface area contributed by atoms with Gasteiger partial charge in [-0.2, -0.15) is 0 Å². The van der Waals surface area contributed by atoms with Crippen molar-refractivity contribution in [2.75, 3.05) is 13.2 Å². The fourth-order valence-electron chi connectivity index (χ4n) is 6.86. The molecule has 0 N–H and O–H groups in total. The Labute approximate surface area is 301 Å². The van der Waals surface area contributed by atoms with Crippen LogP contribution in [0.1, 0.15) is 106 Å². The van der Waals surface area contributed by atoms with E-state index < -0.39 is 22.5 Å². The third-order valence-electron chi connectivity index (χ3n) is 9.45. The molecular formula is C39H46ClFO7P2. The molecule has 3 aromatic carbocycles. The van der Waals surface area contributed by atoms with Crippen molar-refractivity contribution in [2.24, 2.45) is 5.92 Å². The summed E-state index contributed by atoms with van der Waals surface area (Å²) in [6.07, 6.45) is 8.05. The van der Waals surface area contributed by atoms with E-state index in [1.807, 2.05) is 43.3 Å². The molecule has 6 rings (SSSR count). The van der Waals surface area contributed by atoms with E-state index in [1.54, 1.807) is 12.1 Å². The molecule has 3 aliphatic rings. The highest BCUT2D eigenvalue weighted by Crippen LogP contribution is 2.60. The van der Waals surface area contributed by atoms with Crippen molar-refractivity contribution in [2.45, 2.75) is 90.3 Å². The number of halogens is 2. The minimum atomic E-state index is -4.11. The van der Waals surface area contributed by atoms with Crippen LogP contribution in [0.15, 0.2) is 84.5 Å². The zero-order valence-corrected chi connectivity index (χ0v) is 31.5. The van der Waals surface area contributed by atoms with Gasteiger partial charge in [0, 0.05) is 29.3 Å². The zero-order chi connectivity index (χ0) is 35.3.